The van der Waals surface area contributed by atoms with E-state index in [0.717, 1.165) is 32.1 Å². The molecule has 1 aliphatic rings. The van der Waals surface area contributed by atoms with Gasteiger partial charge >= 0.3 is 0 Å². The summed E-state index contributed by atoms with van der Waals surface area (Å²) in [5.74, 6) is -0.922. The third kappa shape index (κ3) is 15.7. The molecule has 1 rings (SSSR count). The smallest absolute Gasteiger partial charge is 0.183 e. The summed E-state index contributed by atoms with van der Waals surface area (Å²) in [4.78, 5) is 10.3. The molecule has 6 nitrogen and oxygen atoms in total. The number of ether oxygens (including phenoxy) is 2. The largest absolute Gasteiger partial charge is 0.550 e. The second-order valence-corrected chi connectivity index (χ2v) is 9.23. The van der Waals surface area contributed by atoms with Crippen molar-refractivity contribution in [2.45, 2.75) is 147 Å². The topological polar surface area (TPSA) is 99.1 Å². The van der Waals surface area contributed by atoms with Crippen molar-refractivity contribution in [3.8, 4) is 0 Å². The Morgan fingerprint density at radius 2 is 1.19 bits per heavy atom. The van der Waals surface area contributed by atoms with Gasteiger partial charge in [-0.05, 0) is 26.2 Å². The van der Waals surface area contributed by atoms with Crippen molar-refractivity contribution >= 4 is 5.97 Å². The molecule has 31 heavy (non-hydrogen) atoms. The molecular formula is C25H47O6-. The molecule has 4 atom stereocenters. The van der Waals surface area contributed by atoms with Gasteiger partial charge in [-0.2, -0.15) is 0 Å². The fraction of sp³-hybridized carbons (Fsp3) is 0.960. The molecule has 0 aromatic heterocycles. The average Bonchev–Trinajstić information content (AvgIpc) is 2.73. The van der Waals surface area contributed by atoms with Crippen LogP contribution in [0.15, 0.2) is 0 Å². The molecule has 1 fully saturated rings. The molecule has 1 saturated heterocycles. The Labute approximate surface area is 189 Å². The van der Waals surface area contributed by atoms with E-state index < -0.39 is 24.5 Å². The van der Waals surface area contributed by atoms with Gasteiger partial charge in [0.1, 0.15) is 6.10 Å². The van der Waals surface area contributed by atoms with Crippen LogP contribution < -0.4 is 5.11 Å². The highest BCUT2D eigenvalue weighted by Crippen LogP contribution is 2.21. The van der Waals surface area contributed by atoms with Crippen LogP contribution in [-0.2, 0) is 14.3 Å². The maximum Gasteiger partial charge on any atom is 0.183 e. The van der Waals surface area contributed by atoms with Gasteiger partial charge in [0.2, 0.25) is 0 Å². The van der Waals surface area contributed by atoms with Crippen LogP contribution in [0, 0.1) is 0 Å². The first-order valence-electron chi connectivity index (χ1n) is 12.8. The number of rotatable bonds is 20. The second kappa shape index (κ2) is 18.8. The van der Waals surface area contributed by atoms with Gasteiger partial charge < -0.3 is 29.6 Å². The number of hydrogen-bond acceptors (Lipinski definition) is 6. The van der Waals surface area contributed by atoms with Gasteiger partial charge in [-0.1, -0.05) is 89.9 Å². The maximum atomic E-state index is 10.3. The number of aliphatic carboxylic acids is 1. The predicted octanol–water partition coefficient (Wildman–Crippen LogP) is 4.24. The van der Waals surface area contributed by atoms with E-state index in [4.69, 9.17) is 9.47 Å². The standard InChI is InChI=1S/C25H48O6/c1-21-22(26)20-23(27)25(31-21)30-19-17-15-13-11-9-7-5-3-2-4-6-8-10-12-14-16-18-24(28)29/h21-23,25-27H,2-20H2,1H3,(H,28,29)/p-1/t21-,22+,23+,25+/m0/s1. The minimum Gasteiger partial charge on any atom is -0.550 e. The van der Waals surface area contributed by atoms with Gasteiger partial charge in [-0.3, -0.25) is 0 Å². The molecule has 1 aliphatic heterocycles. The second-order valence-electron chi connectivity index (χ2n) is 9.23. The maximum absolute atomic E-state index is 10.3. The summed E-state index contributed by atoms with van der Waals surface area (Å²) >= 11 is 0. The highest BCUT2D eigenvalue weighted by molar-refractivity contribution is 5.63. The van der Waals surface area contributed by atoms with Gasteiger partial charge in [0.25, 0.3) is 0 Å². The average molecular weight is 444 g/mol. The summed E-state index contributed by atoms with van der Waals surface area (Å²) < 4.78 is 11.1. The van der Waals surface area contributed by atoms with Gasteiger partial charge in [-0.25, -0.2) is 0 Å². The van der Waals surface area contributed by atoms with Gasteiger partial charge in [-0.15, -0.1) is 0 Å². The van der Waals surface area contributed by atoms with E-state index in [9.17, 15) is 20.1 Å². The van der Waals surface area contributed by atoms with E-state index in [0.29, 0.717) is 13.0 Å². The number of carbonyl (C=O) groups excluding carboxylic acids is 1. The van der Waals surface area contributed by atoms with E-state index in [1.165, 1.54) is 70.6 Å². The number of carboxylic acids is 1. The summed E-state index contributed by atoms with van der Waals surface area (Å²) in [6.45, 7) is 2.41. The zero-order chi connectivity index (χ0) is 22.7. The van der Waals surface area contributed by atoms with Gasteiger partial charge in [0.05, 0.1) is 12.2 Å². The van der Waals surface area contributed by atoms with Crippen molar-refractivity contribution in [3.63, 3.8) is 0 Å². The molecule has 184 valence electrons. The van der Waals surface area contributed by atoms with E-state index >= 15 is 0 Å². The third-order valence-corrected chi connectivity index (χ3v) is 6.25. The van der Waals surface area contributed by atoms with Crippen molar-refractivity contribution in [2.75, 3.05) is 6.61 Å². The molecular weight excluding hydrogens is 396 g/mol. The normalized spacial score (nSPS) is 23.8. The summed E-state index contributed by atoms with van der Waals surface area (Å²) in [5.41, 5.74) is 0. The number of aliphatic hydroxyl groups is 2. The Morgan fingerprint density at radius 1 is 0.774 bits per heavy atom. The van der Waals surface area contributed by atoms with Crippen LogP contribution in [-0.4, -0.2) is 47.4 Å². The van der Waals surface area contributed by atoms with Crippen LogP contribution >= 0.6 is 0 Å². The number of unbranched alkanes of at least 4 members (excludes halogenated alkanes) is 15. The Balaban J connectivity index is 1.74. The molecule has 0 bridgehead atoms. The van der Waals surface area contributed by atoms with E-state index in [1.807, 2.05) is 0 Å². The van der Waals surface area contributed by atoms with E-state index in [2.05, 4.69) is 0 Å². The summed E-state index contributed by atoms with van der Waals surface area (Å²) in [5, 5.41) is 29.9. The summed E-state index contributed by atoms with van der Waals surface area (Å²) in [7, 11) is 0. The van der Waals surface area contributed by atoms with E-state index in [1.54, 1.807) is 6.92 Å². The van der Waals surface area contributed by atoms with Crippen molar-refractivity contribution in [2.24, 2.45) is 0 Å². The fourth-order valence-electron chi connectivity index (χ4n) is 4.14. The lowest BCUT2D eigenvalue weighted by atomic mass is 10.0. The molecule has 0 saturated carbocycles. The first-order chi connectivity index (χ1) is 15.0. The number of carbonyl (C=O) groups is 1. The molecule has 0 unspecified atom stereocenters. The first kappa shape index (κ1) is 28.3. The Bertz CT molecular complexity index is 430. The van der Waals surface area contributed by atoms with Crippen LogP contribution in [0.3, 0.4) is 0 Å². The highest BCUT2D eigenvalue weighted by atomic mass is 16.7. The lowest BCUT2D eigenvalue weighted by molar-refractivity contribution is -0.305. The zero-order valence-corrected chi connectivity index (χ0v) is 19.8. The molecule has 1 heterocycles. The van der Waals surface area contributed by atoms with Crippen molar-refractivity contribution in [1.82, 2.24) is 0 Å². The lowest BCUT2D eigenvalue weighted by Crippen LogP contribution is -2.47. The zero-order valence-electron chi connectivity index (χ0n) is 19.8. The molecule has 0 aromatic carbocycles. The van der Waals surface area contributed by atoms with Crippen LogP contribution in [0.5, 0.6) is 0 Å². The SMILES string of the molecule is C[C@@H]1O[C@@H](OCCCCCCCCCCCCCCCCCCC(=O)[O-])[C@H](O)C[C@H]1O. The van der Waals surface area contributed by atoms with Crippen LogP contribution in [0.25, 0.3) is 0 Å². The lowest BCUT2D eigenvalue weighted by Gasteiger charge is -2.35. The van der Waals surface area contributed by atoms with Crippen LogP contribution in [0.2, 0.25) is 0 Å². The Kier molecular flexibility index (Phi) is 17.2. The number of hydrogen-bond donors (Lipinski definition) is 2. The molecule has 0 spiro atoms. The monoisotopic (exact) mass is 443 g/mol. The van der Waals surface area contributed by atoms with Crippen molar-refractivity contribution < 1.29 is 29.6 Å². The summed E-state index contributed by atoms with van der Waals surface area (Å²) in [6, 6.07) is 0. The van der Waals surface area contributed by atoms with Crippen LogP contribution in [0.4, 0.5) is 0 Å². The van der Waals surface area contributed by atoms with Crippen LogP contribution in [0.1, 0.15) is 122 Å². The first-order valence-corrected chi connectivity index (χ1v) is 12.8. The third-order valence-electron chi connectivity index (χ3n) is 6.25. The molecule has 0 aliphatic carbocycles. The molecule has 2 N–H and O–H groups in total. The fourth-order valence-corrected chi connectivity index (χ4v) is 4.14. The Hall–Kier alpha value is -0.690. The Morgan fingerprint density at radius 3 is 1.65 bits per heavy atom. The minimum absolute atomic E-state index is 0.209. The molecule has 0 radical (unpaired) electrons. The quantitative estimate of drug-likeness (QED) is 0.273. The number of aliphatic hydroxyl groups excluding tert-OH is 2. The minimum atomic E-state index is -0.922. The number of carboxylic acid groups (broad SMARTS) is 1. The van der Waals surface area contributed by atoms with E-state index in [-0.39, 0.29) is 12.5 Å². The van der Waals surface area contributed by atoms with Crippen molar-refractivity contribution in [3.05, 3.63) is 0 Å². The van der Waals surface area contributed by atoms with Gasteiger partial charge in [0.15, 0.2) is 6.29 Å². The molecule has 0 amide bonds. The van der Waals surface area contributed by atoms with Gasteiger partial charge in [0, 0.05) is 19.0 Å². The predicted molar refractivity (Wildman–Crippen MR) is 120 cm³/mol. The molecule has 6 heteroatoms. The van der Waals surface area contributed by atoms with Crippen molar-refractivity contribution in [1.29, 1.82) is 0 Å². The summed E-state index contributed by atoms with van der Waals surface area (Å²) in [6.07, 6.45) is 17.7. The highest BCUT2D eigenvalue weighted by Gasteiger charge is 2.34. The molecule has 0 aromatic rings.